The molecule has 1 amide bonds. The Kier molecular flexibility index (Phi) is 6.46. The zero-order valence-corrected chi connectivity index (χ0v) is 14.6. The van der Waals surface area contributed by atoms with Gasteiger partial charge in [0.1, 0.15) is 5.60 Å². The van der Waals surface area contributed by atoms with E-state index >= 15 is 0 Å². The van der Waals surface area contributed by atoms with Gasteiger partial charge in [-0.05, 0) is 64.5 Å². The molecule has 2 N–H and O–H groups in total. The summed E-state index contributed by atoms with van der Waals surface area (Å²) < 4.78 is 5.32. The van der Waals surface area contributed by atoms with Crippen LogP contribution < -0.4 is 10.6 Å². The van der Waals surface area contributed by atoms with E-state index in [1.807, 2.05) is 26.8 Å². The first-order valence-electron chi connectivity index (χ1n) is 8.66. The molecule has 2 rings (SSSR count). The number of alkyl carbamates (subject to hydrolysis) is 1. The van der Waals surface area contributed by atoms with Gasteiger partial charge in [0.2, 0.25) is 0 Å². The van der Waals surface area contributed by atoms with Gasteiger partial charge in [-0.25, -0.2) is 4.79 Å². The molecule has 0 saturated heterocycles. The maximum atomic E-state index is 11.8. The molecule has 4 heteroatoms. The Morgan fingerprint density at radius 2 is 1.78 bits per heavy atom. The highest BCUT2D eigenvalue weighted by molar-refractivity contribution is 5.68. The molecular formula is C19H30N2O2. The summed E-state index contributed by atoms with van der Waals surface area (Å²) in [6, 6.07) is 10.7. The van der Waals surface area contributed by atoms with Gasteiger partial charge in [0, 0.05) is 12.6 Å². The van der Waals surface area contributed by atoms with Gasteiger partial charge in [0.25, 0.3) is 0 Å². The van der Waals surface area contributed by atoms with Gasteiger partial charge in [-0.2, -0.15) is 0 Å². The maximum Gasteiger partial charge on any atom is 0.407 e. The summed E-state index contributed by atoms with van der Waals surface area (Å²) in [5.74, 6) is 0.704. The molecule has 1 aliphatic rings. The van der Waals surface area contributed by atoms with E-state index in [2.05, 4.69) is 34.9 Å². The quantitative estimate of drug-likeness (QED) is 0.867. The minimum Gasteiger partial charge on any atom is -0.444 e. The molecule has 0 radical (unpaired) electrons. The highest BCUT2D eigenvalue weighted by Gasteiger charge is 2.24. The number of hydrogen-bond donors (Lipinski definition) is 2. The minimum absolute atomic E-state index is 0.259. The number of hydrogen-bond acceptors (Lipinski definition) is 3. The third-order valence-corrected chi connectivity index (χ3v) is 4.17. The summed E-state index contributed by atoms with van der Waals surface area (Å²) in [6.45, 7) is 7.65. The maximum absolute atomic E-state index is 11.8. The lowest BCUT2D eigenvalue weighted by atomic mass is 9.86. The summed E-state index contributed by atoms with van der Waals surface area (Å²) in [5, 5.41) is 6.54. The molecule has 1 fully saturated rings. The van der Waals surface area contributed by atoms with Crippen LogP contribution in [0.2, 0.25) is 0 Å². The Morgan fingerprint density at radius 1 is 1.13 bits per heavy atom. The Hall–Kier alpha value is -1.55. The predicted molar refractivity (Wildman–Crippen MR) is 93.3 cm³/mol. The Bertz CT molecular complexity index is 474. The molecule has 1 aliphatic carbocycles. The van der Waals surface area contributed by atoms with Crippen molar-refractivity contribution in [2.24, 2.45) is 5.92 Å². The summed E-state index contributed by atoms with van der Waals surface area (Å²) in [7, 11) is 0. The van der Waals surface area contributed by atoms with Crippen molar-refractivity contribution in [2.45, 2.75) is 64.6 Å². The highest BCUT2D eigenvalue weighted by Crippen LogP contribution is 2.24. The number of carbonyl (C=O) groups is 1. The summed E-state index contributed by atoms with van der Waals surface area (Å²) >= 11 is 0. The van der Waals surface area contributed by atoms with E-state index in [0.717, 1.165) is 38.8 Å². The van der Waals surface area contributed by atoms with Crippen LogP contribution in [0.25, 0.3) is 0 Å². The molecule has 0 bridgehead atoms. The van der Waals surface area contributed by atoms with Crippen molar-refractivity contribution in [3.63, 3.8) is 0 Å². The van der Waals surface area contributed by atoms with Crippen LogP contribution in [0.1, 0.15) is 52.0 Å². The van der Waals surface area contributed by atoms with Crippen molar-refractivity contribution in [3.05, 3.63) is 35.9 Å². The van der Waals surface area contributed by atoms with E-state index in [0.29, 0.717) is 5.92 Å². The van der Waals surface area contributed by atoms with Gasteiger partial charge in [0.15, 0.2) is 0 Å². The van der Waals surface area contributed by atoms with Crippen LogP contribution in [0.15, 0.2) is 30.3 Å². The minimum atomic E-state index is -0.428. The standard InChI is InChI=1S/C19H30N2O2/c1-19(2,3)23-18(22)21-17-11-9-16(10-12-17)14-20-13-15-7-5-4-6-8-15/h4-8,16-17,20H,9-14H2,1-3H3,(H,21,22). The van der Waals surface area contributed by atoms with Crippen LogP contribution in [0.3, 0.4) is 0 Å². The van der Waals surface area contributed by atoms with Crippen molar-refractivity contribution in [1.82, 2.24) is 10.6 Å². The van der Waals surface area contributed by atoms with Crippen LogP contribution in [0.5, 0.6) is 0 Å². The average molecular weight is 318 g/mol. The van der Waals surface area contributed by atoms with Gasteiger partial charge in [0.05, 0.1) is 0 Å². The van der Waals surface area contributed by atoms with Gasteiger partial charge in [-0.1, -0.05) is 30.3 Å². The number of nitrogens with one attached hydrogen (secondary N) is 2. The zero-order valence-electron chi connectivity index (χ0n) is 14.6. The van der Waals surface area contributed by atoms with E-state index in [-0.39, 0.29) is 12.1 Å². The fourth-order valence-corrected chi connectivity index (χ4v) is 3.00. The van der Waals surface area contributed by atoms with Gasteiger partial charge in [-0.3, -0.25) is 0 Å². The average Bonchev–Trinajstić information content (AvgIpc) is 2.48. The molecule has 128 valence electrons. The molecule has 23 heavy (non-hydrogen) atoms. The number of amides is 1. The monoisotopic (exact) mass is 318 g/mol. The van der Waals surface area contributed by atoms with Gasteiger partial charge < -0.3 is 15.4 Å². The molecular weight excluding hydrogens is 288 g/mol. The molecule has 0 aliphatic heterocycles. The van der Waals surface area contributed by atoms with Crippen molar-refractivity contribution >= 4 is 6.09 Å². The number of rotatable bonds is 5. The number of ether oxygens (including phenoxy) is 1. The molecule has 1 saturated carbocycles. The normalized spacial score (nSPS) is 21.7. The second-order valence-electron chi connectivity index (χ2n) is 7.48. The summed E-state index contributed by atoms with van der Waals surface area (Å²) in [4.78, 5) is 11.8. The predicted octanol–water partition coefficient (Wildman–Crippen LogP) is 3.86. The second kappa shape index (κ2) is 8.34. The largest absolute Gasteiger partial charge is 0.444 e. The molecule has 1 aromatic rings. The van der Waals surface area contributed by atoms with E-state index in [1.54, 1.807) is 0 Å². The number of benzene rings is 1. The fraction of sp³-hybridized carbons (Fsp3) is 0.632. The van der Waals surface area contributed by atoms with Crippen LogP contribution in [0, 0.1) is 5.92 Å². The molecule has 0 heterocycles. The number of carbonyl (C=O) groups excluding carboxylic acids is 1. The van der Waals surface area contributed by atoms with E-state index in [1.165, 1.54) is 5.56 Å². The first-order valence-corrected chi connectivity index (χ1v) is 8.66. The SMILES string of the molecule is CC(C)(C)OC(=O)NC1CCC(CNCc2ccccc2)CC1. The van der Waals surface area contributed by atoms with Gasteiger partial charge in [-0.15, -0.1) is 0 Å². The first kappa shape index (κ1) is 17.8. The lowest BCUT2D eigenvalue weighted by molar-refractivity contribution is 0.0487. The first-order chi connectivity index (χ1) is 10.9. The Labute approximate surface area is 140 Å². The van der Waals surface area contributed by atoms with Crippen LogP contribution in [-0.4, -0.2) is 24.3 Å². The molecule has 0 atom stereocenters. The summed E-state index contributed by atoms with van der Waals surface area (Å²) in [5.41, 5.74) is 0.899. The van der Waals surface area contributed by atoms with E-state index in [9.17, 15) is 4.79 Å². The van der Waals surface area contributed by atoms with Crippen LogP contribution in [-0.2, 0) is 11.3 Å². The smallest absolute Gasteiger partial charge is 0.407 e. The lowest BCUT2D eigenvalue weighted by Gasteiger charge is -2.30. The van der Waals surface area contributed by atoms with Crippen molar-refractivity contribution in [2.75, 3.05) is 6.54 Å². The van der Waals surface area contributed by atoms with Crippen molar-refractivity contribution in [3.8, 4) is 0 Å². The molecule has 1 aromatic carbocycles. The van der Waals surface area contributed by atoms with Gasteiger partial charge >= 0.3 is 6.09 Å². The van der Waals surface area contributed by atoms with Crippen molar-refractivity contribution < 1.29 is 9.53 Å². The third-order valence-electron chi connectivity index (χ3n) is 4.17. The topological polar surface area (TPSA) is 50.4 Å². The highest BCUT2D eigenvalue weighted by atomic mass is 16.6. The zero-order chi connectivity index (χ0) is 16.7. The van der Waals surface area contributed by atoms with E-state index < -0.39 is 5.60 Å². The van der Waals surface area contributed by atoms with Crippen LogP contribution in [0.4, 0.5) is 4.79 Å². The molecule has 0 unspecified atom stereocenters. The fourth-order valence-electron chi connectivity index (χ4n) is 3.00. The second-order valence-corrected chi connectivity index (χ2v) is 7.48. The van der Waals surface area contributed by atoms with Crippen LogP contribution >= 0.6 is 0 Å². The Balaban J connectivity index is 1.61. The van der Waals surface area contributed by atoms with Crippen molar-refractivity contribution in [1.29, 1.82) is 0 Å². The molecule has 0 spiro atoms. The lowest BCUT2D eigenvalue weighted by Crippen LogP contribution is -2.41. The molecule has 0 aromatic heterocycles. The summed E-state index contributed by atoms with van der Waals surface area (Å²) in [6.07, 6.45) is 4.10. The molecule has 4 nitrogen and oxygen atoms in total. The third kappa shape index (κ3) is 7.04. The Morgan fingerprint density at radius 3 is 2.39 bits per heavy atom. The van der Waals surface area contributed by atoms with E-state index in [4.69, 9.17) is 4.74 Å².